The third-order valence-corrected chi connectivity index (χ3v) is 3.96. The predicted octanol–water partition coefficient (Wildman–Crippen LogP) is 3.50. The van der Waals surface area contributed by atoms with Crippen LogP contribution in [-0.2, 0) is 11.2 Å². The molecule has 0 spiro atoms. The molecule has 0 unspecified atom stereocenters. The summed E-state index contributed by atoms with van der Waals surface area (Å²) in [5, 5.41) is 2.85. The van der Waals surface area contributed by atoms with Crippen molar-refractivity contribution in [1.82, 2.24) is 5.32 Å². The van der Waals surface area contributed by atoms with Crippen molar-refractivity contribution in [1.29, 1.82) is 0 Å². The highest BCUT2D eigenvalue weighted by atomic mass is 79.9. The summed E-state index contributed by atoms with van der Waals surface area (Å²) in [5.41, 5.74) is 2.28. The van der Waals surface area contributed by atoms with Gasteiger partial charge in [-0.05, 0) is 64.7 Å². The van der Waals surface area contributed by atoms with E-state index < -0.39 is 0 Å². The highest BCUT2D eigenvalue weighted by Crippen LogP contribution is 2.25. The second-order valence-corrected chi connectivity index (χ2v) is 6.02. The van der Waals surface area contributed by atoms with E-state index in [1.807, 2.05) is 49.4 Å². The normalized spacial score (nSPS) is 10.2. The first-order chi connectivity index (χ1) is 11.1. The molecule has 0 fully saturated rings. The highest BCUT2D eigenvalue weighted by molar-refractivity contribution is 9.10. The van der Waals surface area contributed by atoms with Crippen LogP contribution in [-0.4, -0.2) is 26.2 Å². The van der Waals surface area contributed by atoms with Gasteiger partial charge in [-0.15, -0.1) is 0 Å². The minimum absolute atomic E-state index is 0.00424. The van der Waals surface area contributed by atoms with Gasteiger partial charge in [0.15, 0.2) is 6.61 Å². The molecule has 122 valence electrons. The van der Waals surface area contributed by atoms with Gasteiger partial charge in [0.05, 0.1) is 11.6 Å². The second kappa shape index (κ2) is 8.58. The van der Waals surface area contributed by atoms with Gasteiger partial charge in [0.25, 0.3) is 5.91 Å². The van der Waals surface area contributed by atoms with Crippen LogP contribution in [0.25, 0.3) is 0 Å². The van der Waals surface area contributed by atoms with Crippen LogP contribution in [0.4, 0.5) is 0 Å². The van der Waals surface area contributed by atoms with Gasteiger partial charge in [0.2, 0.25) is 0 Å². The van der Waals surface area contributed by atoms with Gasteiger partial charge in [-0.2, -0.15) is 0 Å². The SMILES string of the molecule is COc1ccc(CCNC(=O)COc2ccc(C)cc2Br)cc1. The molecule has 0 aromatic heterocycles. The lowest BCUT2D eigenvalue weighted by Crippen LogP contribution is -2.30. The van der Waals surface area contributed by atoms with E-state index in [0.29, 0.717) is 12.3 Å². The Morgan fingerprint density at radius 2 is 1.91 bits per heavy atom. The van der Waals surface area contributed by atoms with E-state index in [0.717, 1.165) is 27.8 Å². The molecule has 5 heteroatoms. The molecule has 1 amide bonds. The van der Waals surface area contributed by atoms with Gasteiger partial charge in [-0.3, -0.25) is 4.79 Å². The Balaban J connectivity index is 1.72. The quantitative estimate of drug-likeness (QED) is 0.802. The fourth-order valence-corrected chi connectivity index (χ4v) is 2.66. The van der Waals surface area contributed by atoms with Crippen LogP contribution >= 0.6 is 15.9 Å². The number of rotatable bonds is 7. The fraction of sp³-hybridized carbons (Fsp3) is 0.278. The molecular formula is C18H20BrNO3. The number of nitrogens with one attached hydrogen (secondary N) is 1. The molecule has 4 nitrogen and oxygen atoms in total. The average Bonchev–Trinajstić information content (AvgIpc) is 2.54. The molecule has 23 heavy (non-hydrogen) atoms. The minimum Gasteiger partial charge on any atom is -0.497 e. The van der Waals surface area contributed by atoms with E-state index in [9.17, 15) is 4.79 Å². The molecule has 1 N–H and O–H groups in total. The lowest BCUT2D eigenvalue weighted by atomic mass is 10.1. The number of methoxy groups -OCH3 is 1. The maximum absolute atomic E-state index is 11.8. The number of benzene rings is 2. The maximum Gasteiger partial charge on any atom is 0.257 e. The summed E-state index contributed by atoms with van der Waals surface area (Å²) in [6, 6.07) is 13.6. The lowest BCUT2D eigenvalue weighted by Gasteiger charge is -2.09. The summed E-state index contributed by atoms with van der Waals surface area (Å²) in [5.74, 6) is 1.36. The molecular weight excluding hydrogens is 358 g/mol. The van der Waals surface area contributed by atoms with Crippen molar-refractivity contribution in [2.24, 2.45) is 0 Å². The zero-order chi connectivity index (χ0) is 16.7. The molecule has 0 saturated carbocycles. The van der Waals surface area contributed by atoms with Crippen molar-refractivity contribution in [3.05, 3.63) is 58.1 Å². The van der Waals surface area contributed by atoms with Crippen LogP contribution in [0.5, 0.6) is 11.5 Å². The van der Waals surface area contributed by atoms with Crippen LogP contribution < -0.4 is 14.8 Å². The molecule has 2 aromatic carbocycles. The van der Waals surface area contributed by atoms with E-state index in [-0.39, 0.29) is 12.5 Å². The van der Waals surface area contributed by atoms with E-state index in [1.165, 1.54) is 0 Å². The molecule has 2 rings (SSSR count). The Morgan fingerprint density at radius 1 is 1.17 bits per heavy atom. The average molecular weight is 378 g/mol. The maximum atomic E-state index is 11.8. The Morgan fingerprint density at radius 3 is 2.57 bits per heavy atom. The molecule has 0 saturated heterocycles. The van der Waals surface area contributed by atoms with Crippen molar-refractivity contribution in [2.75, 3.05) is 20.3 Å². The Bertz CT molecular complexity index is 656. The Hall–Kier alpha value is -2.01. The van der Waals surface area contributed by atoms with Gasteiger partial charge in [0.1, 0.15) is 11.5 Å². The Labute approximate surface area is 144 Å². The number of carbonyl (C=O) groups excluding carboxylic acids is 1. The number of carbonyl (C=O) groups is 1. The third kappa shape index (κ3) is 5.60. The van der Waals surface area contributed by atoms with Gasteiger partial charge in [0, 0.05) is 6.54 Å². The lowest BCUT2D eigenvalue weighted by molar-refractivity contribution is -0.123. The van der Waals surface area contributed by atoms with Gasteiger partial charge in [-0.25, -0.2) is 0 Å². The molecule has 0 heterocycles. The zero-order valence-electron chi connectivity index (χ0n) is 13.3. The van der Waals surface area contributed by atoms with Crippen LogP contribution in [0.15, 0.2) is 46.9 Å². The molecule has 0 atom stereocenters. The largest absolute Gasteiger partial charge is 0.497 e. The monoisotopic (exact) mass is 377 g/mol. The molecule has 0 aliphatic carbocycles. The van der Waals surface area contributed by atoms with Crippen LogP contribution in [0, 0.1) is 6.92 Å². The summed E-state index contributed by atoms with van der Waals surface area (Å²) in [6.45, 7) is 2.58. The topological polar surface area (TPSA) is 47.6 Å². The number of aryl methyl sites for hydroxylation is 1. The number of ether oxygens (including phenoxy) is 2. The first kappa shape index (κ1) is 17.3. The van der Waals surface area contributed by atoms with Crippen molar-refractivity contribution in [3.8, 4) is 11.5 Å². The summed E-state index contributed by atoms with van der Waals surface area (Å²) < 4.78 is 11.5. The van der Waals surface area contributed by atoms with E-state index in [2.05, 4.69) is 21.2 Å². The summed E-state index contributed by atoms with van der Waals surface area (Å²) in [4.78, 5) is 11.8. The van der Waals surface area contributed by atoms with Gasteiger partial charge >= 0.3 is 0 Å². The van der Waals surface area contributed by atoms with Crippen molar-refractivity contribution >= 4 is 21.8 Å². The van der Waals surface area contributed by atoms with Crippen LogP contribution in [0.2, 0.25) is 0 Å². The number of hydrogen-bond donors (Lipinski definition) is 1. The minimum atomic E-state index is -0.133. The van der Waals surface area contributed by atoms with Crippen molar-refractivity contribution in [2.45, 2.75) is 13.3 Å². The summed E-state index contributed by atoms with van der Waals surface area (Å²) in [7, 11) is 1.64. The van der Waals surface area contributed by atoms with Crippen LogP contribution in [0.3, 0.4) is 0 Å². The molecule has 0 aliphatic heterocycles. The zero-order valence-corrected chi connectivity index (χ0v) is 14.9. The summed E-state index contributed by atoms with van der Waals surface area (Å²) in [6.07, 6.45) is 0.768. The van der Waals surface area contributed by atoms with Crippen molar-refractivity contribution < 1.29 is 14.3 Å². The smallest absolute Gasteiger partial charge is 0.257 e. The molecule has 0 aliphatic rings. The van der Waals surface area contributed by atoms with Crippen molar-refractivity contribution in [3.63, 3.8) is 0 Å². The van der Waals surface area contributed by atoms with Gasteiger partial charge in [-0.1, -0.05) is 18.2 Å². The van der Waals surface area contributed by atoms with E-state index >= 15 is 0 Å². The summed E-state index contributed by atoms with van der Waals surface area (Å²) >= 11 is 3.43. The molecule has 2 aromatic rings. The van der Waals surface area contributed by atoms with Gasteiger partial charge < -0.3 is 14.8 Å². The van der Waals surface area contributed by atoms with Crippen LogP contribution in [0.1, 0.15) is 11.1 Å². The number of halogens is 1. The van der Waals surface area contributed by atoms with E-state index in [4.69, 9.17) is 9.47 Å². The highest BCUT2D eigenvalue weighted by Gasteiger charge is 2.05. The Kier molecular flexibility index (Phi) is 6.47. The number of amides is 1. The number of hydrogen-bond acceptors (Lipinski definition) is 3. The second-order valence-electron chi connectivity index (χ2n) is 5.17. The first-order valence-corrected chi connectivity index (χ1v) is 8.16. The fourth-order valence-electron chi connectivity index (χ4n) is 2.06. The first-order valence-electron chi connectivity index (χ1n) is 7.37. The standard InChI is InChI=1S/C18H20BrNO3/c1-13-3-8-17(16(19)11-13)23-12-18(21)20-10-9-14-4-6-15(22-2)7-5-14/h3-8,11H,9-10,12H2,1-2H3,(H,20,21). The predicted molar refractivity (Wildman–Crippen MR) is 94.1 cm³/mol. The molecule has 0 bridgehead atoms. The molecule has 0 radical (unpaired) electrons. The van der Waals surface area contributed by atoms with E-state index in [1.54, 1.807) is 7.11 Å². The third-order valence-electron chi connectivity index (χ3n) is 3.34.